The van der Waals surface area contributed by atoms with Crippen molar-refractivity contribution in [1.82, 2.24) is 15.1 Å². The van der Waals surface area contributed by atoms with E-state index in [-0.39, 0.29) is 0 Å². The van der Waals surface area contributed by atoms with Crippen LogP contribution in [0.15, 0.2) is 24.4 Å². The molecule has 3 rings (SSSR count). The molecule has 3 nitrogen and oxygen atoms in total. The molecule has 2 aromatic rings. The average molecular weight is 283 g/mol. The van der Waals surface area contributed by atoms with E-state index in [2.05, 4.69) is 55.6 Å². The first kappa shape index (κ1) is 14.3. The van der Waals surface area contributed by atoms with Gasteiger partial charge in [0.2, 0.25) is 0 Å². The number of fused-ring (bicyclic) bond motifs is 1. The highest BCUT2D eigenvalue weighted by atomic mass is 15.3. The van der Waals surface area contributed by atoms with Gasteiger partial charge in [-0.25, -0.2) is 0 Å². The van der Waals surface area contributed by atoms with Crippen LogP contribution >= 0.6 is 0 Å². The zero-order valence-electron chi connectivity index (χ0n) is 13.5. The maximum absolute atomic E-state index is 4.67. The van der Waals surface area contributed by atoms with Gasteiger partial charge in [0.1, 0.15) is 0 Å². The summed E-state index contributed by atoms with van der Waals surface area (Å²) in [4.78, 5) is 0. The summed E-state index contributed by atoms with van der Waals surface area (Å²) < 4.78 is 1.95. The fourth-order valence-electron chi connectivity index (χ4n) is 3.50. The number of aromatic nitrogens is 2. The predicted octanol–water partition coefficient (Wildman–Crippen LogP) is 3.81. The Labute approximate surface area is 127 Å². The van der Waals surface area contributed by atoms with Crippen LogP contribution in [0.1, 0.15) is 56.0 Å². The molecule has 1 heterocycles. The molecule has 0 saturated heterocycles. The number of hydrogen-bond donors (Lipinski definition) is 1. The summed E-state index contributed by atoms with van der Waals surface area (Å²) >= 11 is 0. The average Bonchev–Trinajstić information content (AvgIpc) is 3.03. The minimum atomic E-state index is 0.447. The lowest BCUT2D eigenvalue weighted by molar-refractivity contribution is 0.549. The molecule has 112 valence electrons. The number of rotatable bonds is 4. The summed E-state index contributed by atoms with van der Waals surface area (Å²) in [6.07, 6.45) is 4.54. The van der Waals surface area contributed by atoms with Crippen molar-refractivity contribution < 1.29 is 0 Å². The molecular formula is C18H25N3. The molecule has 1 aromatic carbocycles. The Bertz CT molecular complexity index is 640. The van der Waals surface area contributed by atoms with E-state index in [4.69, 9.17) is 0 Å². The van der Waals surface area contributed by atoms with E-state index < -0.39 is 0 Å². The van der Waals surface area contributed by atoms with Crippen molar-refractivity contribution in [3.05, 3.63) is 41.2 Å². The molecule has 1 aliphatic carbocycles. The van der Waals surface area contributed by atoms with Gasteiger partial charge >= 0.3 is 0 Å². The lowest BCUT2D eigenvalue weighted by Crippen LogP contribution is -2.18. The van der Waals surface area contributed by atoms with Gasteiger partial charge in [-0.2, -0.15) is 5.10 Å². The van der Waals surface area contributed by atoms with Crippen LogP contribution in [0.5, 0.6) is 0 Å². The smallest absolute Gasteiger partial charge is 0.0728 e. The SMILES string of the molecule is CCNC1CCc2c(-c3cn(C)nc3C(C)C)cccc21. The Morgan fingerprint density at radius 1 is 1.33 bits per heavy atom. The van der Waals surface area contributed by atoms with Gasteiger partial charge < -0.3 is 5.32 Å². The molecular weight excluding hydrogens is 258 g/mol. The number of aryl methyl sites for hydroxylation is 1. The maximum Gasteiger partial charge on any atom is 0.0728 e. The first-order chi connectivity index (χ1) is 10.1. The summed E-state index contributed by atoms with van der Waals surface area (Å²) in [5, 5.41) is 8.27. The van der Waals surface area contributed by atoms with Gasteiger partial charge in [-0.1, -0.05) is 39.0 Å². The second-order valence-corrected chi connectivity index (χ2v) is 6.28. The Hall–Kier alpha value is -1.61. The number of nitrogens with one attached hydrogen (secondary N) is 1. The maximum atomic E-state index is 4.67. The molecule has 3 heteroatoms. The molecule has 0 fully saturated rings. The molecule has 0 saturated carbocycles. The summed E-state index contributed by atoms with van der Waals surface area (Å²) in [7, 11) is 2.01. The van der Waals surface area contributed by atoms with Crippen molar-refractivity contribution in [2.75, 3.05) is 6.54 Å². The van der Waals surface area contributed by atoms with E-state index in [1.54, 1.807) is 0 Å². The highest BCUT2D eigenvalue weighted by molar-refractivity contribution is 5.72. The van der Waals surface area contributed by atoms with Crippen LogP contribution < -0.4 is 5.32 Å². The van der Waals surface area contributed by atoms with Gasteiger partial charge in [0.05, 0.1) is 5.69 Å². The standard InChI is InChI=1S/C18H25N3/c1-5-19-17-10-9-14-13(7-6-8-15(14)17)16-11-21(4)20-18(16)12(2)3/h6-8,11-12,17,19H,5,9-10H2,1-4H3. The molecule has 1 atom stereocenters. The monoisotopic (exact) mass is 283 g/mol. The third-order valence-corrected chi connectivity index (χ3v) is 4.42. The van der Waals surface area contributed by atoms with Crippen LogP contribution in [0.2, 0.25) is 0 Å². The zero-order chi connectivity index (χ0) is 15.0. The van der Waals surface area contributed by atoms with Gasteiger partial charge in [0, 0.05) is 24.8 Å². The molecule has 1 aromatic heterocycles. The van der Waals surface area contributed by atoms with E-state index in [0.29, 0.717) is 12.0 Å². The Morgan fingerprint density at radius 3 is 2.86 bits per heavy atom. The fourth-order valence-corrected chi connectivity index (χ4v) is 3.50. The molecule has 0 bridgehead atoms. The fraction of sp³-hybridized carbons (Fsp3) is 0.500. The second-order valence-electron chi connectivity index (χ2n) is 6.28. The lowest BCUT2D eigenvalue weighted by Gasteiger charge is -2.14. The lowest BCUT2D eigenvalue weighted by atomic mass is 9.94. The van der Waals surface area contributed by atoms with E-state index in [0.717, 1.165) is 13.0 Å². The molecule has 0 spiro atoms. The summed E-state index contributed by atoms with van der Waals surface area (Å²) in [5.41, 5.74) is 6.88. The van der Waals surface area contributed by atoms with Gasteiger partial charge in [-0.05, 0) is 42.0 Å². The van der Waals surface area contributed by atoms with E-state index in [1.807, 2.05) is 11.7 Å². The molecule has 1 aliphatic rings. The highest BCUT2D eigenvalue weighted by Gasteiger charge is 2.25. The third-order valence-electron chi connectivity index (χ3n) is 4.42. The van der Waals surface area contributed by atoms with Crippen LogP contribution in [0.3, 0.4) is 0 Å². The quantitative estimate of drug-likeness (QED) is 0.924. The van der Waals surface area contributed by atoms with Crippen LogP contribution in [0.4, 0.5) is 0 Å². The zero-order valence-corrected chi connectivity index (χ0v) is 13.5. The third kappa shape index (κ3) is 2.51. The number of benzene rings is 1. The predicted molar refractivity (Wildman–Crippen MR) is 87.5 cm³/mol. The second kappa shape index (κ2) is 5.64. The van der Waals surface area contributed by atoms with Crippen molar-refractivity contribution >= 4 is 0 Å². The molecule has 21 heavy (non-hydrogen) atoms. The molecule has 1 unspecified atom stereocenters. The molecule has 0 amide bonds. The summed E-state index contributed by atoms with van der Waals surface area (Å²) in [6.45, 7) is 7.64. The summed E-state index contributed by atoms with van der Waals surface area (Å²) in [5.74, 6) is 0.447. The Balaban J connectivity index is 2.09. The number of hydrogen-bond acceptors (Lipinski definition) is 2. The summed E-state index contributed by atoms with van der Waals surface area (Å²) in [6, 6.07) is 7.26. The number of nitrogens with zero attached hydrogens (tertiary/aromatic N) is 2. The largest absolute Gasteiger partial charge is 0.310 e. The minimum Gasteiger partial charge on any atom is -0.310 e. The van der Waals surface area contributed by atoms with Crippen molar-refractivity contribution in [3.63, 3.8) is 0 Å². The van der Waals surface area contributed by atoms with Crippen LogP contribution in [-0.4, -0.2) is 16.3 Å². The van der Waals surface area contributed by atoms with E-state index in [9.17, 15) is 0 Å². The Kier molecular flexibility index (Phi) is 3.85. The van der Waals surface area contributed by atoms with E-state index >= 15 is 0 Å². The highest BCUT2D eigenvalue weighted by Crippen LogP contribution is 2.39. The molecule has 0 aliphatic heterocycles. The van der Waals surface area contributed by atoms with Crippen LogP contribution in [0.25, 0.3) is 11.1 Å². The Morgan fingerprint density at radius 2 is 2.14 bits per heavy atom. The first-order valence-electron chi connectivity index (χ1n) is 8.00. The van der Waals surface area contributed by atoms with Crippen molar-refractivity contribution in [2.45, 2.75) is 45.6 Å². The first-order valence-corrected chi connectivity index (χ1v) is 8.00. The van der Waals surface area contributed by atoms with Gasteiger partial charge in [0.15, 0.2) is 0 Å². The molecule has 0 radical (unpaired) electrons. The van der Waals surface area contributed by atoms with Gasteiger partial charge in [-0.3, -0.25) is 4.68 Å². The van der Waals surface area contributed by atoms with Gasteiger partial charge in [0.25, 0.3) is 0 Å². The van der Waals surface area contributed by atoms with Crippen molar-refractivity contribution in [1.29, 1.82) is 0 Å². The van der Waals surface area contributed by atoms with Crippen molar-refractivity contribution in [3.8, 4) is 11.1 Å². The van der Waals surface area contributed by atoms with Crippen LogP contribution in [-0.2, 0) is 13.5 Å². The van der Waals surface area contributed by atoms with Crippen molar-refractivity contribution in [2.24, 2.45) is 7.05 Å². The molecule has 1 N–H and O–H groups in total. The van der Waals surface area contributed by atoms with E-state index in [1.165, 1.54) is 34.4 Å². The normalized spacial score (nSPS) is 17.5. The topological polar surface area (TPSA) is 29.9 Å². The van der Waals surface area contributed by atoms with Gasteiger partial charge in [-0.15, -0.1) is 0 Å². The minimum absolute atomic E-state index is 0.447. The van der Waals surface area contributed by atoms with Crippen LogP contribution in [0, 0.1) is 0 Å².